The summed E-state index contributed by atoms with van der Waals surface area (Å²) in [5.74, 6) is -1.80. The Labute approximate surface area is 283 Å². The molecule has 0 aliphatic rings. The molecule has 1 heterocycles. The number of carbonyl (C=O) groups is 5. The maximum atomic E-state index is 13.8. The first kappa shape index (κ1) is 37.5. The van der Waals surface area contributed by atoms with Crippen LogP contribution in [0.15, 0.2) is 59.7 Å². The van der Waals surface area contributed by atoms with Crippen LogP contribution in [-0.2, 0) is 25.6 Å². The van der Waals surface area contributed by atoms with Gasteiger partial charge in [0.15, 0.2) is 5.84 Å². The molecule has 3 aromatic rings. The molecule has 4 amide bonds. The highest BCUT2D eigenvalue weighted by atomic mass is 16.7. The third-order valence-corrected chi connectivity index (χ3v) is 7.06. The summed E-state index contributed by atoms with van der Waals surface area (Å²) >= 11 is 0. The summed E-state index contributed by atoms with van der Waals surface area (Å²) in [7, 11) is 0. The smallest absolute Gasteiger partial charge is 0.423 e. The molecule has 1 unspecified atom stereocenters. The molecular formula is C34H41N7O8. The Balaban J connectivity index is 1.85. The number of nitrogens with one attached hydrogen (secondary N) is 5. The number of anilines is 1. The quantitative estimate of drug-likeness (QED) is 0.0718. The van der Waals surface area contributed by atoms with Crippen LogP contribution < -0.4 is 20.9 Å². The highest BCUT2D eigenvalue weighted by Crippen LogP contribution is 2.27. The molecule has 3 rings (SSSR count). The fourth-order valence-corrected chi connectivity index (χ4v) is 4.47. The number of aromatic nitrogens is 1. The number of hydrogen-bond donors (Lipinski definition) is 5. The van der Waals surface area contributed by atoms with Crippen molar-refractivity contribution < 1.29 is 38.2 Å². The second-order valence-corrected chi connectivity index (χ2v) is 10.7. The van der Waals surface area contributed by atoms with E-state index in [1.807, 2.05) is 13.0 Å². The Bertz CT molecular complexity index is 1690. The monoisotopic (exact) mass is 675 g/mol. The molecule has 1 atom stereocenters. The van der Waals surface area contributed by atoms with Crippen molar-refractivity contribution >= 4 is 47.8 Å². The van der Waals surface area contributed by atoms with E-state index in [-0.39, 0.29) is 46.8 Å². The van der Waals surface area contributed by atoms with Crippen molar-refractivity contribution in [2.75, 3.05) is 24.8 Å². The highest BCUT2D eigenvalue weighted by molar-refractivity contribution is 6.24. The van der Waals surface area contributed by atoms with Gasteiger partial charge in [-0.2, -0.15) is 0 Å². The molecule has 0 aliphatic heterocycles. The number of hydrogen-bond acceptors (Lipinski definition) is 9. The molecule has 15 heteroatoms. The van der Waals surface area contributed by atoms with Crippen LogP contribution in [0.3, 0.4) is 0 Å². The van der Waals surface area contributed by atoms with Crippen molar-refractivity contribution in [2.45, 2.75) is 53.7 Å². The molecule has 0 radical (unpaired) electrons. The fraction of sp³-hybridized carbons (Fsp3) is 0.324. The van der Waals surface area contributed by atoms with Gasteiger partial charge in [-0.15, -0.1) is 0 Å². The van der Waals surface area contributed by atoms with Gasteiger partial charge in [0, 0.05) is 24.8 Å². The maximum absolute atomic E-state index is 13.8. The number of aromatic amines is 1. The summed E-state index contributed by atoms with van der Waals surface area (Å²) in [6.07, 6.45) is 0.927. The molecule has 49 heavy (non-hydrogen) atoms. The summed E-state index contributed by atoms with van der Waals surface area (Å²) in [4.78, 5) is 72.2. The van der Waals surface area contributed by atoms with Crippen molar-refractivity contribution in [1.29, 1.82) is 5.41 Å². The number of alkyl carbamates (subject to hydrolysis) is 1. The van der Waals surface area contributed by atoms with Crippen molar-refractivity contribution in [2.24, 2.45) is 4.99 Å². The first-order chi connectivity index (χ1) is 23.5. The van der Waals surface area contributed by atoms with Gasteiger partial charge in [-0.1, -0.05) is 43.3 Å². The predicted molar refractivity (Wildman–Crippen MR) is 182 cm³/mol. The number of amides is 4. The van der Waals surface area contributed by atoms with Gasteiger partial charge in [0.2, 0.25) is 6.79 Å². The Hall–Kier alpha value is -5.99. The van der Waals surface area contributed by atoms with E-state index in [2.05, 4.69) is 25.9 Å². The minimum Gasteiger partial charge on any atom is -0.445 e. The molecule has 2 aromatic carbocycles. The first-order valence-corrected chi connectivity index (χ1v) is 15.5. The molecule has 0 bridgehead atoms. The Morgan fingerprint density at radius 1 is 0.980 bits per heavy atom. The molecule has 1 aromatic heterocycles. The van der Waals surface area contributed by atoms with E-state index in [9.17, 15) is 24.0 Å². The summed E-state index contributed by atoms with van der Waals surface area (Å²) < 4.78 is 15.6. The largest absolute Gasteiger partial charge is 0.445 e. The SMILES string of the molecule is CCCNC(=O)c1ccc(C)c(N(C(=O)OCOC(=O)C(C)NC(=O)OCc2ccccc2)C(=NC=N)c2[nH]cc(C(=O)NCC)c2C)c1. The number of H-pyrrole nitrogens is 1. The zero-order valence-electron chi connectivity index (χ0n) is 28.0. The molecular weight excluding hydrogens is 634 g/mol. The van der Waals surface area contributed by atoms with Crippen LogP contribution in [-0.4, -0.2) is 73.1 Å². The average molecular weight is 676 g/mol. The van der Waals surface area contributed by atoms with Gasteiger partial charge in [0.25, 0.3) is 11.8 Å². The zero-order valence-corrected chi connectivity index (χ0v) is 28.0. The van der Waals surface area contributed by atoms with Crippen molar-refractivity contribution in [3.8, 4) is 0 Å². The van der Waals surface area contributed by atoms with Crippen LogP contribution in [0.25, 0.3) is 0 Å². The van der Waals surface area contributed by atoms with Crippen LogP contribution in [0.4, 0.5) is 15.3 Å². The van der Waals surface area contributed by atoms with E-state index in [0.29, 0.717) is 37.0 Å². The van der Waals surface area contributed by atoms with E-state index >= 15 is 0 Å². The second kappa shape index (κ2) is 18.4. The molecule has 15 nitrogen and oxygen atoms in total. The third-order valence-electron chi connectivity index (χ3n) is 7.06. The number of amidine groups is 1. The van der Waals surface area contributed by atoms with Crippen LogP contribution in [0.2, 0.25) is 0 Å². The highest BCUT2D eigenvalue weighted by Gasteiger charge is 2.30. The number of ether oxygens (including phenoxy) is 3. The summed E-state index contributed by atoms with van der Waals surface area (Å²) in [6, 6.07) is 12.5. The molecule has 260 valence electrons. The topological polar surface area (TPSA) is 204 Å². The number of aliphatic imine (C=N–C) groups is 1. The number of rotatable bonds is 14. The van der Waals surface area contributed by atoms with Gasteiger partial charge in [0.1, 0.15) is 19.0 Å². The van der Waals surface area contributed by atoms with Gasteiger partial charge >= 0.3 is 18.2 Å². The molecule has 0 saturated carbocycles. The standard InChI is InChI=1S/C34H41N7O8/c1-6-15-37-30(42)25-14-13-21(3)27(16-25)41(29(39-19-35)28-22(4)26(17-38-28)31(43)36-7-2)34(46)49-20-48-32(44)23(5)40-33(45)47-18-24-11-9-8-10-12-24/h8-14,16-17,19,23,35,38H,6-7,15,18,20H2,1-5H3,(H,36,43)(H,37,42)(H,40,45). The molecule has 0 spiro atoms. The van der Waals surface area contributed by atoms with Gasteiger partial charge in [-0.3, -0.25) is 15.0 Å². The van der Waals surface area contributed by atoms with Gasteiger partial charge in [-0.25, -0.2) is 24.3 Å². The fourth-order valence-electron chi connectivity index (χ4n) is 4.47. The third kappa shape index (κ3) is 10.2. The summed E-state index contributed by atoms with van der Waals surface area (Å²) in [5.41, 5.74) is 2.61. The maximum Gasteiger partial charge on any atom is 0.423 e. The number of benzene rings is 2. The Kier molecular flexibility index (Phi) is 14.0. The second-order valence-electron chi connectivity index (χ2n) is 10.7. The lowest BCUT2D eigenvalue weighted by Gasteiger charge is -2.25. The van der Waals surface area contributed by atoms with E-state index < -0.39 is 31.0 Å². The van der Waals surface area contributed by atoms with E-state index in [1.165, 1.54) is 19.2 Å². The van der Waals surface area contributed by atoms with Crippen molar-refractivity contribution in [1.82, 2.24) is 20.9 Å². The lowest BCUT2D eigenvalue weighted by Crippen LogP contribution is -2.42. The summed E-state index contributed by atoms with van der Waals surface area (Å²) in [5, 5.41) is 15.6. The normalized spacial score (nSPS) is 11.5. The molecule has 0 aliphatic carbocycles. The number of carbonyl (C=O) groups excluding carboxylic acids is 5. The van der Waals surface area contributed by atoms with Crippen molar-refractivity contribution in [3.05, 3.63) is 88.2 Å². The van der Waals surface area contributed by atoms with Gasteiger partial charge < -0.3 is 35.1 Å². The molecule has 0 saturated heterocycles. The predicted octanol–water partition coefficient (Wildman–Crippen LogP) is 4.33. The summed E-state index contributed by atoms with van der Waals surface area (Å²) in [6.45, 7) is 8.33. The lowest BCUT2D eigenvalue weighted by molar-refractivity contribution is -0.153. The van der Waals surface area contributed by atoms with Crippen molar-refractivity contribution in [3.63, 3.8) is 0 Å². The lowest BCUT2D eigenvalue weighted by atomic mass is 10.1. The van der Waals surface area contributed by atoms with E-state index in [1.54, 1.807) is 57.2 Å². The zero-order chi connectivity index (χ0) is 35.9. The van der Waals surface area contributed by atoms with Crippen LogP contribution in [0.1, 0.15) is 70.3 Å². The van der Waals surface area contributed by atoms with Crippen LogP contribution in [0.5, 0.6) is 0 Å². The minimum absolute atomic E-state index is 0.00649. The van der Waals surface area contributed by atoms with Crippen LogP contribution in [0, 0.1) is 19.3 Å². The van der Waals surface area contributed by atoms with Gasteiger partial charge in [0.05, 0.1) is 16.9 Å². The number of aryl methyl sites for hydroxylation is 1. The first-order valence-electron chi connectivity index (χ1n) is 15.5. The van der Waals surface area contributed by atoms with E-state index in [0.717, 1.165) is 10.5 Å². The number of esters is 1. The van der Waals surface area contributed by atoms with Crippen LogP contribution >= 0.6 is 0 Å². The van der Waals surface area contributed by atoms with Gasteiger partial charge in [-0.05, 0) is 62.9 Å². The molecule has 0 fully saturated rings. The minimum atomic E-state index is -1.15. The Morgan fingerprint density at radius 2 is 1.71 bits per heavy atom. The molecule has 5 N–H and O–H groups in total. The number of nitrogens with zero attached hydrogens (tertiary/aromatic N) is 2. The van der Waals surface area contributed by atoms with E-state index in [4.69, 9.17) is 19.6 Å². The average Bonchev–Trinajstić information content (AvgIpc) is 3.47. The Morgan fingerprint density at radius 3 is 2.39 bits per heavy atom.